The fourth-order valence-electron chi connectivity index (χ4n) is 1.26. The maximum absolute atomic E-state index is 13.4. The molecule has 0 aliphatic carbocycles. The van der Waals surface area contributed by atoms with Crippen molar-refractivity contribution in [3.05, 3.63) is 34.1 Å². The second kappa shape index (κ2) is 5.27. The lowest BCUT2D eigenvalue weighted by atomic mass is 10.1. The lowest BCUT2D eigenvalue weighted by molar-refractivity contribution is 0.530. The molecule has 0 amide bonds. The molecule has 3 nitrogen and oxygen atoms in total. The largest absolute Gasteiger partial charge is 0.217 e. The summed E-state index contributed by atoms with van der Waals surface area (Å²) < 4.78 is 39.3. The van der Waals surface area contributed by atoms with Gasteiger partial charge in [0.1, 0.15) is 5.82 Å². The first-order valence-corrected chi connectivity index (χ1v) is 7.79. The van der Waals surface area contributed by atoms with Crippen molar-refractivity contribution in [2.24, 2.45) is 0 Å². The average Bonchev–Trinajstić information content (AvgIpc) is 2.19. The number of benzene rings is 1. The Balaban J connectivity index is 2.96. The van der Waals surface area contributed by atoms with Gasteiger partial charge in [0.25, 0.3) is 0 Å². The molecule has 1 aromatic rings. The Morgan fingerprint density at radius 2 is 1.89 bits per heavy atom. The van der Waals surface area contributed by atoms with Crippen LogP contribution in [0.3, 0.4) is 0 Å². The van der Waals surface area contributed by atoms with Gasteiger partial charge in [0.2, 0.25) is 10.0 Å². The van der Waals surface area contributed by atoms with Crippen molar-refractivity contribution >= 4 is 26.0 Å². The molecule has 1 atom stereocenters. The number of hydrogen-bond donors (Lipinski definition) is 1. The van der Waals surface area contributed by atoms with Crippen molar-refractivity contribution in [3.8, 4) is 0 Å². The zero-order valence-corrected chi connectivity index (χ0v) is 13.2. The summed E-state index contributed by atoms with van der Waals surface area (Å²) in [7, 11) is -3.45. The van der Waals surface area contributed by atoms with Gasteiger partial charge in [-0.25, -0.2) is 17.5 Å². The van der Waals surface area contributed by atoms with Crippen LogP contribution in [0.4, 0.5) is 4.39 Å². The normalized spacial score (nSPS) is 14.6. The molecule has 0 radical (unpaired) electrons. The van der Waals surface area contributed by atoms with E-state index in [0.717, 1.165) is 0 Å². The Hall–Kier alpha value is -0.460. The first-order chi connectivity index (χ1) is 8.04. The first kappa shape index (κ1) is 15.6. The molecule has 0 aliphatic rings. The van der Waals surface area contributed by atoms with Gasteiger partial charge in [0, 0.05) is 6.04 Å². The molecule has 1 aromatic carbocycles. The number of nitrogens with one attached hydrogen (secondary N) is 1. The van der Waals surface area contributed by atoms with Crippen LogP contribution in [0.1, 0.15) is 39.3 Å². The van der Waals surface area contributed by atoms with Crippen molar-refractivity contribution in [1.82, 2.24) is 4.72 Å². The molecule has 18 heavy (non-hydrogen) atoms. The van der Waals surface area contributed by atoms with Crippen LogP contribution in [0.25, 0.3) is 0 Å². The molecular formula is C12H17BrFNO2S. The molecule has 1 N–H and O–H groups in total. The predicted molar refractivity (Wildman–Crippen MR) is 74.3 cm³/mol. The van der Waals surface area contributed by atoms with Crippen LogP contribution in [0.5, 0.6) is 0 Å². The van der Waals surface area contributed by atoms with Crippen LogP contribution < -0.4 is 4.72 Å². The van der Waals surface area contributed by atoms with E-state index in [1.165, 1.54) is 6.07 Å². The van der Waals surface area contributed by atoms with Gasteiger partial charge >= 0.3 is 0 Å². The van der Waals surface area contributed by atoms with Gasteiger partial charge in [-0.05, 0) is 61.3 Å². The van der Waals surface area contributed by atoms with E-state index in [9.17, 15) is 12.8 Å². The third-order valence-electron chi connectivity index (χ3n) is 2.58. The summed E-state index contributed by atoms with van der Waals surface area (Å²) in [5, 5.41) is 0. The van der Waals surface area contributed by atoms with Gasteiger partial charge in [-0.2, -0.15) is 0 Å². The zero-order chi connectivity index (χ0) is 14.1. The van der Waals surface area contributed by atoms with Gasteiger partial charge < -0.3 is 0 Å². The van der Waals surface area contributed by atoms with Gasteiger partial charge in [-0.1, -0.05) is 6.07 Å². The Morgan fingerprint density at radius 1 is 1.33 bits per heavy atom. The van der Waals surface area contributed by atoms with Crippen molar-refractivity contribution in [2.45, 2.75) is 38.5 Å². The molecule has 102 valence electrons. The van der Waals surface area contributed by atoms with Crippen LogP contribution >= 0.6 is 15.9 Å². The van der Waals surface area contributed by atoms with Crippen molar-refractivity contribution in [3.63, 3.8) is 0 Å². The molecule has 0 aliphatic heterocycles. The van der Waals surface area contributed by atoms with Gasteiger partial charge in [0.05, 0.1) is 9.22 Å². The van der Waals surface area contributed by atoms with E-state index >= 15 is 0 Å². The summed E-state index contributed by atoms with van der Waals surface area (Å²) in [6, 6.07) is 4.09. The standard InChI is InChI=1S/C12H17BrFNO2S/c1-8(15-18(16,17)12(2,3)4)9-5-6-10(13)11(14)7-9/h5-8,15H,1-4H3/t8-/m1/s1. The maximum Gasteiger partial charge on any atom is 0.217 e. The highest BCUT2D eigenvalue weighted by molar-refractivity contribution is 9.10. The van der Waals surface area contributed by atoms with E-state index in [2.05, 4.69) is 20.7 Å². The highest BCUT2D eigenvalue weighted by atomic mass is 79.9. The summed E-state index contributed by atoms with van der Waals surface area (Å²) in [6.45, 7) is 6.53. The molecule has 6 heteroatoms. The van der Waals surface area contributed by atoms with E-state index in [4.69, 9.17) is 0 Å². The number of rotatable bonds is 3. The molecule has 0 heterocycles. The summed E-state index contributed by atoms with van der Waals surface area (Å²) in [6.07, 6.45) is 0. The minimum absolute atomic E-state index is 0.358. The SMILES string of the molecule is C[C@@H](NS(=O)(=O)C(C)(C)C)c1ccc(Br)c(F)c1. The van der Waals surface area contributed by atoms with Gasteiger partial charge in [-0.15, -0.1) is 0 Å². The molecule has 0 aromatic heterocycles. The molecule has 1 rings (SSSR count). The molecule has 0 bridgehead atoms. The molecule has 0 spiro atoms. The minimum Gasteiger partial charge on any atom is -0.212 e. The van der Waals surface area contributed by atoms with Crippen molar-refractivity contribution in [2.75, 3.05) is 0 Å². The molecule has 0 saturated carbocycles. The second-order valence-corrected chi connectivity index (χ2v) is 8.45. The molecule has 0 saturated heterocycles. The Bertz CT molecular complexity index is 537. The lowest BCUT2D eigenvalue weighted by Gasteiger charge is -2.23. The van der Waals surface area contributed by atoms with Crippen LogP contribution in [-0.2, 0) is 10.0 Å². The molecule has 0 fully saturated rings. The number of halogens is 2. The average molecular weight is 338 g/mol. The Labute approximate surface area is 116 Å². The van der Waals surface area contributed by atoms with E-state index in [1.54, 1.807) is 39.8 Å². The van der Waals surface area contributed by atoms with Crippen LogP contribution in [0, 0.1) is 5.82 Å². The molecular weight excluding hydrogens is 321 g/mol. The quantitative estimate of drug-likeness (QED) is 0.919. The van der Waals surface area contributed by atoms with Gasteiger partial charge in [0.15, 0.2) is 0 Å². The van der Waals surface area contributed by atoms with Crippen molar-refractivity contribution in [1.29, 1.82) is 0 Å². The smallest absolute Gasteiger partial charge is 0.212 e. The van der Waals surface area contributed by atoms with Crippen LogP contribution in [-0.4, -0.2) is 13.2 Å². The lowest BCUT2D eigenvalue weighted by Crippen LogP contribution is -2.40. The van der Waals surface area contributed by atoms with Gasteiger partial charge in [-0.3, -0.25) is 0 Å². The fourth-order valence-corrected chi connectivity index (χ4v) is 2.46. The fraction of sp³-hybridized carbons (Fsp3) is 0.500. The summed E-state index contributed by atoms with van der Waals surface area (Å²) in [5.41, 5.74) is 0.587. The van der Waals surface area contributed by atoms with Crippen molar-refractivity contribution < 1.29 is 12.8 Å². The second-order valence-electron chi connectivity index (χ2n) is 5.13. The van der Waals surface area contributed by atoms with E-state index < -0.39 is 26.6 Å². The summed E-state index contributed by atoms with van der Waals surface area (Å²) >= 11 is 3.06. The summed E-state index contributed by atoms with van der Waals surface area (Å²) in [5.74, 6) is -0.408. The summed E-state index contributed by atoms with van der Waals surface area (Å²) in [4.78, 5) is 0. The number of sulfonamides is 1. The third-order valence-corrected chi connectivity index (χ3v) is 5.50. The van der Waals surface area contributed by atoms with E-state index in [1.807, 2.05) is 0 Å². The number of hydrogen-bond acceptors (Lipinski definition) is 2. The molecule has 0 unspecified atom stereocenters. The Morgan fingerprint density at radius 3 is 2.33 bits per heavy atom. The zero-order valence-electron chi connectivity index (χ0n) is 10.8. The highest BCUT2D eigenvalue weighted by Gasteiger charge is 2.30. The minimum atomic E-state index is -3.45. The maximum atomic E-state index is 13.4. The predicted octanol–water partition coefficient (Wildman–Crippen LogP) is 3.37. The van der Waals surface area contributed by atoms with Crippen LogP contribution in [0.15, 0.2) is 22.7 Å². The third kappa shape index (κ3) is 3.52. The highest BCUT2D eigenvalue weighted by Crippen LogP contribution is 2.23. The van der Waals surface area contributed by atoms with E-state index in [-0.39, 0.29) is 0 Å². The Kier molecular flexibility index (Phi) is 4.56. The first-order valence-electron chi connectivity index (χ1n) is 5.51. The monoisotopic (exact) mass is 337 g/mol. The van der Waals surface area contributed by atoms with Crippen LogP contribution in [0.2, 0.25) is 0 Å². The topological polar surface area (TPSA) is 46.2 Å². The van der Waals surface area contributed by atoms with E-state index in [0.29, 0.717) is 10.0 Å².